The molecule has 0 saturated carbocycles. The van der Waals surface area contributed by atoms with Crippen molar-refractivity contribution in [2.75, 3.05) is 20.2 Å². The predicted octanol–water partition coefficient (Wildman–Crippen LogP) is 2.16. The van der Waals surface area contributed by atoms with Crippen LogP contribution in [0.4, 0.5) is 4.39 Å². The normalized spacial score (nSPS) is 14.7. The molecule has 1 aromatic heterocycles. The van der Waals surface area contributed by atoms with E-state index in [0.29, 0.717) is 22.3 Å². The first-order valence-electron chi connectivity index (χ1n) is 5.85. The Bertz CT molecular complexity index is 617. The molecule has 0 bridgehead atoms. The minimum atomic E-state index is -0.381. The molecule has 1 saturated heterocycles. The van der Waals surface area contributed by atoms with Crippen molar-refractivity contribution in [3.05, 3.63) is 29.7 Å². The van der Waals surface area contributed by atoms with Gasteiger partial charge in [-0.15, -0.1) is 0 Å². The maximum Gasteiger partial charge on any atom is 0.270 e. The molecule has 1 aromatic carbocycles. The Morgan fingerprint density at radius 2 is 2.22 bits per heavy atom. The molecule has 1 fully saturated rings. The van der Waals surface area contributed by atoms with E-state index in [1.807, 2.05) is 0 Å². The first-order chi connectivity index (χ1) is 8.70. The van der Waals surface area contributed by atoms with Crippen LogP contribution < -0.4 is 4.74 Å². The van der Waals surface area contributed by atoms with Crippen LogP contribution in [0, 0.1) is 5.82 Å². The summed E-state index contributed by atoms with van der Waals surface area (Å²) in [5.41, 5.74) is 0.728. The molecule has 0 atom stereocenters. The lowest BCUT2D eigenvalue weighted by atomic mass is 10.2. The molecule has 2 aromatic rings. The first-order valence-corrected chi connectivity index (χ1v) is 5.85. The molecular weight excluding hydrogens is 235 g/mol. The van der Waals surface area contributed by atoms with Gasteiger partial charge in [0.2, 0.25) is 0 Å². The van der Waals surface area contributed by atoms with Crippen LogP contribution in [0.1, 0.15) is 16.9 Å². The maximum atomic E-state index is 13.7. The van der Waals surface area contributed by atoms with Crippen molar-refractivity contribution in [1.82, 2.24) is 9.88 Å². The van der Waals surface area contributed by atoms with Crippen LogP contribution in [0.15, 0.2) is 18.2 Å². The monoisotopic (exact) mass is 248 g/mol. The molecule has 5 heteroatoms. The van der Waals surface area contributed by atoms with Gasteiger partial charge in [0.1, 0.15) is 17.3 Å². The van der Waals surface area contributed by atoms with Crippen molar-refractivity contribution >= 4 is 16.8 Å². The molecule has 0 aliphatic carbocycles. The Labute approximate surface area is 103 Å². The summed E-state index contributed by atoms with van der Waals surface area (Å²) in [4.78, 5) is 16.6. The van der Waals surface area contributed by atoms with Gasteiger partial charge < -0.3 is 14.6 Å². The van der Waals surface area contributed by atoms with Crippen LogP contribution >= 0.6 is 0 Å². The number of amides is 1. The average molecular weight is 248 g/mol. The van der Waals surface area contributed by atoms with Crippen LogP contribution in [-0.2, 0) is 0 Å². The van der Waals surface area contributed by atoms with Crippen molar-refractivity contribution in [2.24, 2.45) is 0 Å². The lowest BCUT2D eigenvalue weighted by molar-refractivity contribution is 0.0646. The average Bonchev–Trinajstić information content (AvgIpc) is 2.73. The summed E-state index contributed by atoms with van der Waals surface area (Å²) in [7, 11) is 1.52. The number of nitrogens with one attached hydrogen (secondary N) is 1. The third kappa shape index (κ3) is 1.54. The molecule has 1 aliphatic heterocycles. The molecule has 0 spiro atoms. The number of fused-ring (bicyclic) bond motifs is 1. The standard InChI is InChI=1S/C13H13FN2O2/c1-18-11-4-3-9(14)12-8(11)7-10(15-12)13(17)16-5-2-6-16/h3-4,7,15H,2,5-6H2,1H3. The molecule has 94 valence electrons. The number of likely N-dealkylation sites (tertiary alicyclic amines) is 1. The summed E-state index contributed by atoms with van der Waals surface area (Å²) < 4.78 is 18.8. The number of halogens is 1. The Kier molecular flexibility index (Phi) is 2.47. The summed E-state index contributed by atoms with van der Waals surface area (Å²) in [5.74, 6) is 0.0951. The lowest BCUT2D eigenvalue weighted by Gasteiger charge is -2.30. The molecule has 18 heavy (non-hydrogen) atoms. The van der Waals surface area contributed by atoms with Crippen LogP contribution in [-0.4, -0.2) is 36.0 Å². The molecule has 4 nitrogen and oxygen atoms in total. The summed E-state index contributed by atoms with van der Waals surface area (Å²) >= 11 is 0. The van der Waals surface area contributed by atoms with E-state index >= 15 is 0 Å². The molecule has 1 aliphatic rings. The number of rotatable bonds is 2. The zero-order valence-electron chi connectivity index (χ0n) is 10.00. The van der Waals surface area contributed by atoms with E-state index in [4.69, 9.17) is 4.74 Å². The summed E-state index contributed by atoms with van der Waals surface area (Å²) in [6, 6.07) is 4.54. The summed E-state index contributed by atoms with van der Waals surface area (Å²) in [6.07, 6.45) is 1.03. The smallest absolute Gasteiger partial charge is 0.270 e. The fourth-order valence-corrected chi connectivity index (χ4v) is 2.14. The molecular formula is C13H13FN2O2. The quantitative estimate of drug-likeness (QED) is 0.885. The third-order valence-corrected chi connectivity index (χ3v) is 3.30. The Balaban J connectivity index is 2.09. The van der Waals surface area contributed by atoms with Crippen molar-refractivity contribution in [2.45, 2.75) is 6.42 Å². The second kappa shape index (κ2) is 4.01. The van der Waals surface area contributed by atoms with Gasteiger partial charge in [0.05, 0.1) is 12.6 Å². The van der Waals surface area contributed by atoms with Gasteiger partial charge >= 0.3 is 0 Å². The highest BCUT2D eigenvalue weighted by Crippen LogP contribution is 2.29. The molecule has 2 heterocycles. The van der Waals surface area contributed by atoms with Gasteiger partial charge in [0.25, 0.3) is 5.91 Å². The first kappa shape index (κ1) is 11.1. The number of carbonyl (C=O) groups is 1. The number of benzene rings is 1. The maximum absolute atomic E-state index is 13.7. The number of aromatic amines is 1. The lowest BCUT2D eigenvalue weighted by Crippen LogP contribution is -2.42. The number of hydrogen-bond acceptors (Lipinski definition) is 2. The van der Waals surface area contributed by atoms with Gasteiger partial charge in [-0.25, -0.2) is 4.39 Å². The van der Waals surface area contributed by atoms with Gasteiger partial charge in [-0.3, -0.25) is 4.79 Å². The number of carbonyl (C=O) groups excluding carboxylic acids is 1. The van der Waals surface area contributed by atoms with E-state index < -0.39 is 0 Å². The van der Waals surface area contributed by atoms with Gasteiger partial charge in [-0.2, -0.15) is 0 Å². The van der Waals surface area contributed by atoms with Crippen LogP contribution in [0.3, 0.4) is 0 Å². The topological polar surface area (TPSA) is 45.3 Å². The second-order valence-electron chi connectivity index (χ2n) is 4.37. The van der Waals surface area contributed by atoms with Crippen LogP contribution in [0.25, 0.3) is 10.9 Å². The van der Waals surface area contributed by atoms with Crippen molar-refractivity contribution in [3.8, 4) is 5.75 Å². The Morgan fingerprint density at radius 3 is 2.83 bits per heavy atom. The fraction of sp³-hybridized carbons (Fsp3) is 0.308. The van der Waals surface area contributed by atoms with E-state index in [1.165, 1.54) is 13.2 Å². The van der Waals surface area contributed by atoms with E-state index in [0.717, 1.165) is 19.5 Å². The number of aromatic nitrogens is 1. The number of methoxy groups -OCH3 is 1. The van der Waals surface area contributed by atoms with Crippen molar-refractivity contribution < 1.29 is 13.9 Å². The Morgan fingerprint density at radius 1 is 1.44 bits per heavy atom. The highest BCUT2D eigenvalue weighted by atomic mass is 19.1. The zero-order chi connectivity index (χ0) is 12.7. The second-order valence-corrected chi connectivity index (χ2v) is 4.37. The van der Waals surface area contributed by atoms with Gasteiger partial charge in [-0.05, 0) is 24.6 Å². The van der Waals surface area contributed by atoms with Gasteiger partial charge in [0, 0.05) is 18.5 Å². The predicted molar refractivity (Wildman–Crippen MR) is 65.3 cm³/mol. The number of ether oxygens (including phenoxy) is 1. The Hall–Kier alpha value is -2.04. The fourth-order valence-electron chi connectivity index (χ4n) is 2.14. The molecule has 1 N–H and O–H groups in total. The van der Waals surface area contributed by atoms with E-state index in [1.54, 1.807) is 17.0 Å². The van der Waals surface area contributed by atoms with Gasteiger partial charge in [-0.1, -0.05) is 0 Å². The van der Waals surface area contributed by atoms with Crippen LogP contribution in [0.5, 0.6) is 5.75 Å². The number of nitrogens with zero attached hydrogens (tertiary/aromatic N) is 1. The molecule has 0 unspecified atom stereocenters. The zero-order valence-corrected chi connectivity index (χ0v) is 10.00. The largest absolute Gasteiger partial charge is 0.496 e. The highest BCUT2D eigenvalue weighted by Gasteiger charge is 2.24. The van der Waals surface area contributed by atoms with Crippen molar-refractivity contribution in [1.29, 1.82) is 0 Å². The third-order valence-electron chi connectivity index (χ3n) is 3.30. The molecule has 1 amide bonds. The van der Waals surface area contributed by atoms with Crippen molar-refractivity contribution in [3.63, 3.8) is 0 Å². The highest BCUT2D eigenvalue weighted by molar-refractivity contribution is 6.00. The number of H-pyrrole nitrogens is 1. The summed E-state index contributed by atoms with van der Waals surface area (Å²) in [5, 5.41) is 0.598. The number of hydrogen-bond donors (Lipinski definition) is 1. The summed E-state index contributed by atoms with van der Waals surface area (Å²) in [6.45, 7) is 1.54. The SMILES string of the molecule is COc1ccc(F)c2[nH]c(C(=O)N3CCC3)cc12. The minimum absolute atomic E-state index is 0.0843. The van der Waals surface area contributed by atoms with E-state index in [9.17, 15) is 9.18 Å². The van der Waals surface area contributed by atoms with E-state index in [2.05, 4.69) is 4.98 Å². The minimum Gasteiger partial charge on any atom is -0.496 e. The van der Waals surface area contributed by atoms with Crippen LogP contribution in [0.2, 0.25) is 0 Å². The van der Waals surface area contributed by atoms with Gasteiger partial charge in [0.15, 0.2) is 0 Å². The molecule has 3 rings (SSSR count). The molecule has 0 radical (unpaired) electrons. The van der Waals surface area contributed by atoms with E-state index in [-0.39, 0.29) is 11.7 Å².